The maximum absolute atomic E-state index is 12.3. The standard InChI is InChI=1S/C16H20N2O3/c1-17-9-10-18(2)16(19)15-13(8-11-20-15)12-21-14-6-4-3-5-7-14/h3-8,11,17H,9-10,12H2,1-2H3. The minimum Gasteiger partial charge on any atom is -0.489 e. The molecule has 0 unspecified atom stereocenters. The molecule has 1 aromatic carbocycles. The van der Waals surface area contributed by atoms with Gasteiger partial charge in [-0.1, -0.05) is 18.2 Å². The Bertz CT molecular complexity index is 566. The van der Waals surface area contributed by atoms with E-state index in [0.717, 1.165) is 17.9 Å². The van der Waals surface area contributed by atoms with Gasteiger partial charge in [-0.2, -0.15) is 0 Å². The second-order valence-electron chi connectivity index (χ2n) is 4.71. The zero-order valence-electron chi connectivity index (χ0n) is 12.3. The molecule has 0 aliphatic rings. The minimum atomic E-state index is -0.137. The molecule has 112 valence electrons. The fourth-order valence-electron chi connectivity index (χ4n) is 1.87. The third-order valence-corrected chi connectivity index (χ3v) is 3.12. The molecule has 1 heterocycles. The maximum atomic E-state index is 12.3. The average Bonchev–Trinajstić information content (AvgIpc) is 2.99. The van der Waals surface area contributed by atoms with Crippen LogP contribution in [0.25, 0.3) is 0 Å². The Labute approximate surface area is 124 Å². The third-order valence-electron chi connectivity index (χ3n) is 3.12. The molecule has 5 nitrogen and oxygen atoms in total. The number of hydrogen-bond acceptors (Lipinski definition) is 4. The van der Waals surface area contributed by atoms with Crippen molar-refractivity contribution in [3.05, 3.63) is 54.0 Å². The summed E-state index contributed by atoms with van der Waals surface area (Å²) in [6.45, 7) is 1.66. The van der Waals surface area contributed by atoms with Gasteiger partial charge in [0, 0.05) is 25.7 Å². The van der Waals surface area contributed by atoms with Gasteiger partial charge in [0.1, 0.15) is 12.4 Å². The number of hydrogen-bond donors (Lipinski definition) is 1. The predicted octanol–water partition coefficient (Wildman–Crippen LogP) is 2.15. The number of nitrogens with zero attached hydrogens (tertiary/aromatic N) is 1. The van der Waals surface area contributed by atoms with Crippen LogP contribution in [0.15, 0.2) is 47.1 Å². The van der Waals surface area contributed by atoms with Crippen LogP contribution in [0.3, 0.4) is 0 Å². The van der Waals surface area contributed by atoms with Crippen LogP contribution < -0.4 is 10.1 Å². The van der Waals surface area contributed by atoms with Gasteiger partial charge < -0.3 is 19.4 Å². The van der Waals surface area contributed by atoms with Crippen molar-refractivity contribution in [1.29, 1.82) is 0 Å². The van der Waals surface area contributed by atoms with Gasteiger partial charge in [-0.25, -0.2) is 0 Å². The fourth-order valence-corrected chi connectivity index (χ4v) is 1.87. The molecule has 1 aromatic heterocycles. The van der Waals surface area contributed by atoms with E-state index in [9.17, 15) is 4.79 Å². The molecule has 0 aliphatic carbocycles. The first-order chi connectivity index (χ1) is 10.2. The summed E-state index contributed by atoms with van der Waals surface area (Å²) in [5.74, 6) is 0.965. The summed E-state index contributed by atoms with van der Waals surface area (Å²) in [4.78, 5) is 13.9. The van der Waals surface area contributed by atoms with Gasteiger partial charge in [-0.15, -0.1) is 0 Å². The van der Waals surface area contributed by atoms with Gasteiger partial charge in [-0.05, 0) is 25.2 Å². The molecule has 0 aliphatic heterocycles. The van der Waals surface area contributed by atoms with Crippen LogP contribution >= 0.6 is 0 Å². The van der Waals surface area contributed by atoms with Crippen molar-refractivity contribution in [3.8, 4) is 5.75 Å². The molecule has 0 atom stereocenters. The maximum Gasteiger partial charge on any atom is 0.289 e. The van der Waals surface area contributed by atoms with Crippen molar-refractivity contribution < 1.29 is 13.9 Å². The van der Waals surface area contributed by atoms with Crippen LogP contribution in [0.2, 0.25) is 0 Å². The average molecular weight is 288 g/mol. The summed E-state index contributed by atoms with van der Waals surface area (Å²) in [5, 5.41) is 3.01. The van der Waals surface area contributed by atoms with E-state index in [0.29, 0.717) is 18.9 Å². The van der Waals surface area contributed by atoms with Crippen LogP contribution in [0.1, 0.15) is 16.1 Å². The SMILES string of the molecule is CNCCN(C)C(=O)c1occc1COc1ccccc1. The number of carbonyl (C=O) groups is 1. The van der Waals surface area contributed by atoms with E-state index in [-0.39, 0.29) is 5.91 Å². The topological polar surface area (TPSA) is 54.7 Å². The Morgan fingerprint density at radius 1 is 1.29 bits per heavy atom. The predicted molar refractivity (Wildman–Crippen MR) is 80.4 cm³/mol. The van der Waals surface area contributed by atoms with Crippen LogP contribution in [-0.4, -0.2) is 38.0 Å². The number of nitrogens with one attached hydrogen (secondary N) is 1. The van der Waals surface area contributed by atoms with Gasteiger partial charge >= 0.3 is 0 Å². The van der Waals surface area contributed by atoms with E-state index in [2.05, 4.69) is 5.32 Å². The zero-order chi connectivity index (χ0) is 15.1. The van der Waals surface area contributed by atoms with Gasteiger partial charge in [0.05, 0.1) is 6.26 Å². The lowest BCUT2D eigenvalue weighted by Gasteiger charge is -2.16. The summed E-state index contributed by atoms with van der Waals surface area (Å²) in [7, 11) is 3.61. The monoisotopic (exact) mass is 288 g/mol. The largest absolute Gasteiger partial charge is 0.489 e. The minimum absolute atomic E-state index is 0.137. The normalized spacial score (nSPS) is 10.4. The Morgan fingerprint density at radius 3 is 2.76 bits per heavy atom. The summed E-state index contributed by atoms with van der Waals surface area (Å²) in [6.07, 6.45) is 1.52. The zero-order valence-corrected chi connectivity index (χ0v) is 12.3. The lowest BCUT2D eigenvalue weighted by Crippen LogP contribution is -2.33. The smallest absolute Gasteiger partial charge is 0.289 e. The number of para-hydroxylation sites is 1. The number of ether oxygens (including phenoxy) is 1. The molecular formula is C16H20N2O3. The van der Waals surface area contributed by atoms with Gasteiger partial charge in [0.25, 0.3) is 5.91 Å². The van der Waals surface area contributed by atoms with E-state index in [4.69, 9.17) is 9.15 Å². The number of likely N-dealkylation sites (N-methyl/N-ethyl adjacent to an activating group) is 2. The van der Waals surface area contributed by atoms with Crippen molar-refractivity contribution in [3.63, 3.8) is 0 Å². The number of rotatable bonds is 7. The molecule has 0 spiro atoms. The van der Waals surface area contributed by atoms with Gasteiger partial charge in [0.2, 0.25) is 0 Å². The molecule has 1 amide bonds. The fraction of sp³-hybridized carbons (Fsp3) is 0.312. The summed E-state index contributed by atoms with van der Waals surface area (Å²) >= 11 is 0. The Morgan fingerprint density at radius 2 is 2.05 bits per heavy atom. The first kappa shape index (κ1) is 15.1. The van der Waals surface area contributed by atoms with Crippen molar-refractivity contribution in [1.82, 2.24) is 10.2 Å². The first-order valence-corrected chi connectivity index (χ1v) is 6.86. The highest BCUT2D eigenvalue weighted by Crippen LogP contribution is 2.17. The third kappa shape index (κ3) is 4.10. The number of carbonyl (C=O) groups excluding carboxylic acids is 1. The molecule has 1 N–H and O–H groups in total. The van der Waals surface area contributed by atoms with Crippen LogP contribution in [-0.2, 0) is 6.61 Å². The first-order valence-electron chi connectivity index (χ1n) is 6.86. The molecule has 5 heteroatoms. The Kier molecular flexibility index (Phi) is 5.40. The second-order valence-corrected chi connectivity index (χ2v) is 4.71. The number of benzene rings is 1. The van der Waals surface area contributed by atoms with E-state index in [1.165, 1.54) is 6.26 Å². The van der Waals surface area contributed by atoms with E-state index >= 15 is 0 Å². The van der Waals surface area contributed by atoms with Crippen LogP contribution in [0.5, 0.6) is 5.75 Å². The lowest BCUT2D eigenvalue weighted by atomic mass is 10.2. The van der Waals surface area contributed by atoms with E-state index in [1.807, 2.05) is 37.4 Å². The van der Waals surface area contributed by atoms with Crippen molar-refractivity contribution in [2.24, 2.45) is 0 Å². The molecule has 0 bridgehead atoms. The molecule has 21 heavy (non-hydrogen) atoms. The highest BCUT2D eigenvalue weighted by atomic mass is 16.5. The lowest BCUT2D eigenvalue weighted by molar-refractivity contribution is 0.0761. The summed E-state index contributed by atoms with van der Waals surface area (Å²) in [5.41, 5.74) is 0.750. The number of furan rings is 1. The Balaban J connectivity index is 1.99. The van der Waals surface area contributed by atoms with Gasteiger partial charge in [-0.3, -0.25) is 4.79 Å². The van der Waals surface area contributed by atoms with E-state index in [1.54, 1.807) is 18.0 Å². The quantitative estimate of drug-likeness (QED) is 0.848. The number of amides is 1. The molecular weight excluding hydrogens is 268 g/mol. The second kappa shape index (κ2) is 7.50. The molecule has 0 saturated heterocycles. The van der Waals surface area contributed by atoms with Crippen molar-refractivity contribution >= 4 is 5.91 Å². The Hall–Kier alpha value is -2.27. The van der Waals surface area contributed by atoms with E-state index < -0.39 is 0 Å². The van der Waals surface area contributed by atoms with Crippen LogP contribution in [0.4, 0.5) is 0 Å². The molecule has 0 radical (unpaired) electrons. The highest BCUT2D eigenvalue weighted by molar-refractivity contribution is 5.92. The molecule has 0 fully saturated rings. The molecule has 0 saturated carbocycles. The van der Waals surface area contributed by atoms with Crippen molar-refractivity contribution in [2.45, 2.75) is 6.61 Å². The highest BCUT2D eigenvalue weighted by Gasteiger charge is 2.19. The molecule has 2 rings (SSSR count). The summed E-state index contributed by atoms with van der Waals surface area (Å²) < 4.78 is 11.0. The summed E-state index contributed by atoms with van der Waals surface area (Å²) in [6, 6.07) is 11.3. The molecule has 2 aromatic rings. The van der Waals surface area contributed by atoms with Gasteiger partial charge in [0.15, 0.2) is 5.76 Å². The van der Waals surface area contributed by atoms with Crippen molar-refractivity contribution in [2.75, 3.05) is 27.2 Å². The van der Waals surface area contributed by atoms with Crippen LogP contribution in [0, 0.1) is 0 Å².